The summed E-state index contributed by atoms with van der Waals surface area (Å²) in [5, 5.41) is 0. The van der Waals surface area contributed by atoms with Crippen molar-refractivity contribution < 1.29 is 0 Å². The van der Waals surface area contributed by atoms with Gasteiger partial charge in [-0.1, -0.05) is 26.7 Å². The van der Waals surface area contributed by atoms with Crippen LogP contribution < -0.4 is 0 Å². The van der Waals surface area contributed by atoms with Crippen LogP contribution in [0.3, 0.4) is 0 Å². The third kappa shape index (κ3) is 1.59. The number of terminal acetylenes is 1. The highest BCUT2D eigenvalue weighted by molar-refractivity contribution is 4.98. The van der Waals surface area contributed by atoms with Crippen LogP contribution in [0.25, 0.3) is 0 Å². The first-order valence-corrected chi connectivity index (χ1v) is 4.65. The lowest BCUT2D eigenvalue weighted by Gasteiger charge is -2.31. The van der Waals surface area contributed by atoms with Crippen molar-refractivity contribution in [1.29, 1.82) is 0 Å². The van der Waals surface area contributed by atoms with E-state index in [0.29, 0.717) is 5.41 Å². The van der Waals surface area contributed by atoms with E-state index in [1.165, 1.54) is 25.7 Å². The van der Waals surface area contributed by atoms with Crippen LogP contribution in [0.4, 0.5) is 0 Å². The maximum atomic E-state index is 5.38. The number of hydrogen-bond acceptors (Lipinski definition) is 0. The van der Waals surface area contributed by atoms with Gasteiger partial charge in [0.15, 0.2) is 0 Å². The van der Waals surface area contributed by atoms with Gasteiger partial charge in [0, 0.05) is 6.42 Å². The molecule has 1 aliphatic rings. The summed E-state index contributed by atoms with van der Waals surface area (Å²) in [6, 6.07) is 0. The molecule has 0 heterocycles. The molecule has 0 aromatic rings. The SMILES string of the molecule is C#CCC1(C(C)C)CCCC1. The molecule has 1 aliphatic carbocycles. The zero-order valence-corrected chi connectivity index (χ0v) is 7.69. The summed E-state index contributed by atoms with van der Waals surface area (Å²) < 4.78 is 0. The number of rotatable bonds is 2. The van der Waals surface area contributed by atoms with Crippen LogP contribution in [0.2, 0.25) is 0 Å². The van der Waals surface area contributed by atoms with E-state index in [-0.39, 0.29) is 0 Å². The van der Waals surface area contributed by atoms with E-state index in [1.54, 1.807) is 0 Å². The highest BCUT2D eigenvalue weighted by Crippen LogP contribution is 2.46. The zero-order valence-electron chi connectivity index (χ0n) is 7.69. The van der Waals surface area contributed by atoms with Crippen molar-refractivity contribution in [3.8, 4) is 12.3 Å². The average Bonchev–Trinajstić information content (AvgIpc) is 2.38. The molecule has 0 spiro atoms. The molecule has 0 bridgehead atoms. The molecule has 0 atom stereocenters. The maximum absolute atomic E-state index is 5.38. The number of hydrogen-bond donors (Lipinski definition) is 0. The highest BCUT2D eigenvalue weighted by Gasteiger charge is 2.35. The summed E-state index contributed by atoms with van der Waals surface area (Å²) in [7, 11) is 0. The van der Waals surface area contributed by atoms with E-state index in [9.17, 15) is 0 Å². The second-order valence-electron chi connectivity index (χ2n) is 4.11. The molecule has 62 valence electrons. The molecule has 0 aromatic heterocycles. The minimum absolute atomic E-state index is 0.509. The Morgan fingerprint density at radius 2 is 1.91 bits per heavy atom. The first kappa shape index (κ1) is 8.65. The first-order valence-electron chi connectivity index (χ1n) is 4.65. The molecule has 0 heteroatoms. The summed E-state index contributed by atoms with van der Waals surface area (Å²) in [6.45, 7) is 4.62. The Balaban J connectivity index is 2.64. The monoisotopic (exact) mass is 150 g/mol. The molecule has 0 radical (unpaired) electrons. The fourth-order valence-corrected chi connectivity index (χ4v) is 2.24. The topological polar surface area (TPSA) is 0 Å². The van der Waals surface area contributed by atoms with Crippen LogP contribution in [0.1, 0.15) is 46.0 Å². The Bertz CT molecular complexity index is 153. The van der Waals surface area contributed by atoms with Crippen molar-refractivity contribution in [2.45, 2.75) is 46.0 Å². The zero-order chi connectivity index (χ0) is 8.32. The molecule has 0 aromatic carbocycles. The summed E-state index contributed by atoms with van der Waals surface area (Å²) >= 11 is 0. The fraction of sp³-hybridized carbons (Fsp3) is 0.818. The molecule has 0 amide bonds. The second kappa shape index (κ2) is 3.30. The van der Waals surface area contributed by atoms with Gasteiger partial charge in [-0.3, -0.25) is 0 Å². The Kier molecular flexibility index (Phi) is 2.60. The van der Waals surface area contributed by atoms with Gasteiger partial charge in [0.1, 0.15) is 0 Å². The van der Waals surface area contributed by atoms with Crippen molar-refractivity contribution in [1.82, 2.24) is 0 Å². The van der Waals surface area contributed by atoms with Gasteiger partial charge >= 0.3 is 0 Å². The molecular weight excluding hydrogens is 132 g/mol. The van der Waals surface area contributed by atoms with Crippen LogP contribution in [-0.2, 0) is 0 Å². The standard InChI is InChI=1S/C11H18/c1-4-7-11(10(2)3)8-5-6-9-11/h1,10H,5-9H2,2-3H3. The second-order valence-corrected chi connectivity index (χ2v) is 4.11. The van der Waals surface area contributed by atoms with Crippen molar-refractivity contribution >= 4 is 0 Å². The van der Waals surface area contributed by atoms with E-state index in [4.69, 9.17) is 6.42 Å². The average molecular weight is 150 g/mol. The van der Waals surface area contributed by atoms with Gasteiger partial charge in [0.2, 0.25) is 0 Å². The molecule has 0 nitrogen and oxygen atoms in total. The van der Waals surface area contributed by atoms with Gasteiger partial charge in [-0.15, -0.1) is 12.3 Å². The smallest absolute Gasteiger partial charge is 0.0145 e. The lowest BCUT2D eigenvalue weighted by Crippen LogP contribution is -2.22. The minimum atomic E-state index is 0.509. The Morgan fingerprint density at radius 3 is 2.27 bits per heavy atom. The van der Waals surface area contributed by atoms with Crippen molar-refractivity contribution in [3.63, 3.8) is 0 Å². The van der Waals surface area contributed by atoms with Crippen LogP contribution in [0.5, 0.6) is 0 Å². The van der Waals surface area contributed by atoms with Crippen molar-refractivity contribution in [2.24, 2.45) is 11.3 Å². The molecule has 1 rings (SSSR count). The van der Waals surface area contributed by atoms with E-state index in [2.05, 4.69) is 19.8 Å². The largest absolute Gasteiger partial charge is 0.120 e. The van der Waals surface area contributed by atoms with Crippen LogP contribution >= 0.6 is 0 Å². The van der Waals surface area contributed by atoms with E-state index < -0.39 is 0 Å². The molecule has 11 heavy (non-hydrogen) atoms. The molecular formula is C11H18. The van der Waals surface area contributed by atoms with E-state index in [0.717, 1.165) is 12.3 Å². The van der Waals surface area contributed by atoms with Crippen LogP contribution in [0, 0.1) is 23.7 Å². The lowest BCUT2D eigenvalue weighted by atomic mass is 9.73. The fourth-order valence-electron chi connectivity index (χ4n) is 2.24. The quantitative estimate of drug-likeness (QED) is 0.530. The summed E-state index contributed by atoms with van der Waals surface area (Å²) in [4.78, 5) is 0. The molecule has 0 N–H and O–H groups in total. The summed E-state index contributed by atoms with van der Waals surface area (Å²) in [5.41, 5.74) is 0.509. The van der Waals surface area contributed by atoms with Gasteiger partial charge in [0.25, 0.3) is 0 Å². The molecule has 0 saturated heterocycles. The Morgan fingerprint density at radius 1 is 1.36 bits per heavy atom. The van der Waals surface area contributed by atoms with Crippen molar-refractivity contribution in [2.75, 3.05) is 0 Å². The van der Waals surface area contributed by atoms with Gasteiger partial charge < -0.3 is 0 Å². The molecule has 1 fully saturated rings. The molecule has 0 aliphatic heterocycles. The molecule has 0 unspecified atom stereocenters. The highest BCUT2D eigenvalue weighted by atomic mass is 14.4. The Labute approximate surface area is 70.4 Å². The van der Waals surface area contributed by atoms with Gasteiger partial charge in [0.05, 0.1) is 0 Å². The van der Waals surface area contributed by atoms with E-state index >= 15 is 0 Å². The van der Waals surface area contributed by atoms with Crippen LogP contribution in [0.15, 0.2) is 0 Å². The summed E-state index contributed by atoms with van der Waals surface area (Å²) in [5.74, 6) is 3.60. The minimum Gasteiger partial charge on any atom is -0.120 e. The van der Waals surface area contributed by atoms with E-state index in [1.807, 2.05) is 0 Å². The van der Waals surface area contributed by atoms with Gasteiger partial charge in [-0.2, -0.15) is 0 Å². The normalized spacial score (nSPS) is 22.0. The molecule has 1 saturated carbocycles. The third-order valence-corrected chi connectivity index (χ3v) is 3.28. The third-order valence-electron chi connectivity index (χ3n) is 3.28. The van der Waals surface area contributed by atoms with Crippen molar-refractivity contribution in [3.05, 3.63) is 0 Å². The maximum Gasteiger partial charge on any atom is 0.0145 e. The van der Waals surface area contributed by atoms with Crippen LogP contribution in [-0.4, -0.2) is 0 Å². The van der Waals surface area contributed by atoms with Gasteiger partial charge in [-0.25, -0.2) is 0 Å². The Hall–Kier alpha value is -0.440. The van der Waals surface area contributed by atoms with Gasteiger partial charge in [-0.05, 0) is 24.2 Å². The summed E-state index contributed by atoms with van der Waals surface area (Å²) in [6.07, 6.45) is 11.9. The predicted molar refractivity (Wildman–Crippen MR) is 49.2 cm³/mol. The predicted octanol–water partition coefficient (Wildman–Crippen LogP) is 3.23. The first-order chi connectivity index (χ1) is 5.21. The lowest BCUT2D eigenvalue weighted by molar-refractivity contribution is 0.204.